The normalized spacial score (nSPS) is 10.8. The third kappa shape index (κ3) is 2.21. The summed E-state index contributed by atoms with van der Waals surface area (Å²) >= 11 is 1.32. The minimum absolute atomic E-state index is 0.0941. The first-order chi connectivity index (χ1) is 9.65. The molecule has 3 aromatic rings. The lowest BCUT2D eigenvalue weighted by Gasteiger charge is -2.03. The molecule has 102 valence electrons. The molecule has 0 radical (unpaired) electrons. The minimum atomic E-state index is -0.473. The van der Waals surface area contributed by atoms with Crippen molar-refractivity contribution in [3.63, 3.8) is 0 Å². The number of imidazole rings is 1. The topological polar surface area (TPSA) is 72.5 Å². The highest BCUT2D eigenvalue weighted by molar-refractivity contribution is 7.15. The van der Waals surface area contributed by atoms with E-state index in [1.165, 1.54) is 27.9 Å². The summed E-state index contributed by atoms with van der Waals surface area (Å²) in [6.45, 7) is 0.339. The maximum Gasteiger partial charge on any atom is 0.372 e. The fourth-order valence-corrected chi connectivity index (χ4v) is 2.56. The van der Waals surface area contributed by atoms with Gasteiger partial charge in [0.25, 0.3) is 4.96 Å². The molecule has 0 saturated carbocycles. The molecule has 1 aromatic carbocycles. The summed E-state index contributed by atoms with van der Waals surface area (Å²) in [6, 6.07) is 5.92. The van der Waals surface area contributed by atoms with Crippen LogP contribution < -0.4 is 5.32 Å². The van der Waals surface area contributed by atoms with Crippen molar-refractivity contribution in [2.45, 2.75) is 6.54 Å². The average molecular weight is 292 g/mol. The van der Waals surface area contributed by atoms with Gasteiger partial charge in [0.15, 0.2) is 0 Å². The van der Waals surface area contributed by atoms with Gasteiger partial charge in [0.05, 0.1) is 0 Å². The highest BCUT2D eigenvalue weighted by Gasteiger charge is 2.23. The van der Waals surface area contributed by atoms with Crippen LogP contribution in [0.15, 0.2) is 35.8 Å². The lowest BCUT2D eigenvalue weighted by molar-refractivity contribution is -0.389. The Kier molecular flexibility index (Phi) is 3.07. The van der Waals surface area contributed by atoms with Crippen molar-refractivity contribution in [1.82, 2.24) is 9.38 Å². The molecular weight excluding hydrogens is 283 g/mol. The van der Waals surface area contributed by atoms with Crippen LogP contribution in [-0.4, -0.2) is 14.3 Å². The van der Waals surface area contributed by atoms with Gasteiger partial charge in [-0.05, 0) is 22.6 Å². The fourth-order valence-electron chi connectivity index (χ4n) is 1.85. The van der Waals surface area contributed by atoms with E-state index in [0.29, 0.717) is 11.5 Å². The number of benzene rings is 1. The molecule has 0 bridgehead atoms. The number of hydrogen-bond donors (Lipinski definition) is 1. The number of halogens is 1. The van der Waals surface area contributed by atoms with Crippen LogP contribution in [0.25, 0.3) is 4.96 Å². The maximum absolute atomic E-state index is 12.8. The number of aromatic nitrogens is 2. The Morgan fingerprint density at radius 2 is 2.15 bits per heavy atom. The van der Waals surface area contributed by atoms with Crippen LogP contribution in [0.4, 0.5) is 16.0 Å². The van der Waals surface area contributed by atoms with Crippen molar-refractivity contribution >= 4 is 27.9 Å². The Bertz CT molecular complexity index is 765. The second-order valence-electron chi connectivity index (χ2n) is 4.08. The molecular formula is C12H9FN4O2S. The van der Waals surface area contributed by atoms with Gasteiger partial charge in [0.1, 0.15) is 12.0 Å². The fraction of sp³-hybridized carbons (Fsp3) is 0.0833. The second-order valence-corrected chi connectivity index (χ2v) is 4.95. The van der Waals surface area contributed by atoms with Crippen molar-refractivity contribution in [2.24, 2.45) is 0 Å². The van der Waals surface area contributed by atoms with Gasteiger partial charge in [0, 0.05) is 11.9 Å². The van der Waals surface area contributed by atoms with Crippen LogP contribution in [0.5, 0.6) is 0 Å². The van der Waals surface area contributed by atoms with Gasteiger partial charge < -0.3 is 15.4 Å². The summed E-state index contributed by atoms with van der Waals surface area (Å²) in [5, 5.41) is 15.8. The van der Waals surface area contributed by atoms with Gasteiger partial charge in [-0.15, -0.1) is 0 Å². The van der Waals surface area contributed by atoms with Crippen LogP contribution in [0.2, 0.25) is 0 Å². The molecule has 0 amide bonds. The van der Waals surface area contributed by atoms with Crippen LogP contribution in [0, 0.1) is 15.9 Å². The van der Waals surface area contributed by atoms with E-state index in [0.717, 1.165) is 5.56 Å². The van der Waals surface area contributed by atoms with Crippen molar-refractivity contribution in [1.29, 1.82) is 0 Å². The summed E-state index contributed by atoms with van der Waals surface area (Å²) in [4.78, 5) is 15.4. The number of anilines is 1. The predicted molar refractivity (Wildman–Crippen MR) is 73.5 cm³/mol. The summed E-state index contributed by atoms with van der Waals surface area (Å²) in [6.07, 6.45) is 1.61. The van der Waals surface area contributed by atoms with E-state index in [1.807, 2.05) is 0 Å². The zero-order valence-corrected chi connectivity index (χ0v) is 10.9. The molecule has 0 atom stereocenters. The second kappa shape index (κ2) is 4.89. The van der Waals surface area contributed by atoms with Crippen LogP contribution in [-0.2, 0) is 6.54 Å². The minimum Gasteiger partial charge on any atom is -0.359 e. The number of fused-ring (bicyclic) bond motifs is 1. The summed E-state index contributed by atoms with van der Waals surface area (Å²) in [7, 11) is 0. The van der Waals surface area contributed by atoms with E-state index in [2.05, 4.69) is 10.3 Å². The van der Waals surface area contributed by atoms with Crippen LogP contribution >= 0.6 is 11.3 Å². The van der Waals surface area contributed by atoms with E-state index in [9.17, 15) is 14.5 Å². The van der Waals surface area contributed by atoms with E-state index in [1.54, 1.807) is 23.7 Å². The molecule has 6 nitrogen and oxygen atoms in total. The molecule has 0 saturated heterocycles. The molecule has 0 spiro atoms. The third-order valence-corrected chi connectivity index (χ3v) is 3.54. The smallest absolute Gasteiger partial charge is 0.359 e. The zero-order valence-electron chi connectivity index (χ0n) is 10.1. The molecule has 0 unspecified atom stereocenters. The highest BCUT2D eigenvalue weighted by Crippen LogP contribution is 2.28. The van der Waals surface area contributed by atoms with Gasteiger partial charge in [0.2, 0.25) is 5.82 Å². The lowest BCUT2D eigenvalue weighted by Crippen LogP contribution is -2.03. The van der Waals surface area contributed by atoms with Gasteiger partial charge in [-0.2, -0.15) is 9.38 Å². The van der Waals surface area contributed by atoms with Crippen molar-refractivity contribution in [3.8, 4) is 0 Å². The Hall–Kier alpha value is -2.48. The van der Waals surface area contributed by atoms with Gasteiger partial charge in [-0.1, -0.05) is 23.5 Å². The number of nitrogens with zero attached hydrogens (tertiary/aromatic N) is 3. The first kappa shape index (κ1) is 12.5. The average Bonchev–Trinajstić information content (AvgIpc) is 2.97. The number of thiazole rings is 1. The van der Waals surface area contributed by atoms with E-state index in [4.69, 9.17) is 0 Å². The Morgan fingerprint density at radius 3 is 2.85 bits per heavy atom. The molecule has 0 aliphatic rings. The third-order valence-electron chi connectivity index (χ3n) is 2.78. The molecule has 3 rings (SSSR count). The first-order valence-corrected chi connectivity index (χ1v) is 6.61. The largest absolute Gasteiger partial charge is 0.372 e. The number of rotatable bonds is 4. The van der Waals surface area contributed by atoms with Crippen LogP contribution in [0.3, 0.4) is 0 Å². The number of nitrogens with one attached hydrogen (secondary N) is 1. The highest BCUT2D eigenvalue weighted by atomic mass is 32.1. The van der Waals surface area contributed by atoms with Crippen molar-refractivity contribution in [3.05, 3.63) is 57.3 Å². The van der Waals surface area contributed by atoms with Gasteiger partial charge in [-0.3, -0.25) is 0 Å². The molecule has 0 fully saturated rings. The Morgan fingerprint density at radius 1 is 1.40 bits per heavy atom. The number of hydrogen-bond acceptors (Lipinski definition) is 5. The molecule has 20 heavy (non-hydrogen) atoms. The van der Waals surface area contributed by atoms with Gasteiger partial charge >= 0.3 is 5.82 Å². The van der Waals surface area contributed by atoms with Crippen LogP contribution in [0.1, 0.15) is 5.56 Å². The predicted octanol–water partition coefficient (Wildman–Crippen LogP) is 3.06. The lowest BCUT2D eigenvalue weighted by atomic mass is 10.2. The van der Waals surface area contributed by atoms with Crippen molar-refractivity contribution < 1.29 is 9.31 Å². The van der Waals surface area contributed by atoms with Crippen molar-refractivity contribution in [2.75, 3.05) is 5.32 Å². The number of nitro groups is 1. The van der Waals surface area contributed by atoms with E-state index >= 15 is 0 Å². The quantitative estimate of drug-likeness (QED) is 0.592. The van der Waals surface area contributed by atoms with Gasteiger partial charge in [-0.25, -0.2) is 4.39 Å². The molecule has 2 heterocycles. The maximum atomic E-state index is 12.8. The SMILES string of the molecule is O=[N+]([O-])c1c(NCc2ccc(F)cc2)nc2sccn12. The summed E-state index contributed by atoms with van der Waals surface area (Å²) in [5.74, 6) is -0.197. The molecule has 0 aliphatic carbocycles. The summed E-state index contributed by atoms with van der Waals surface area (Å²) < 4.78 is 14.2. The summed E-state index contributed by atoms with van der Waals surface area (Å²) in [5.41, 5.74) is 0.817. The monoisotopic (exact) mass is 292 g/mol. The standard InChI is InChI=1S/C12H9FN4O2S/c13-9-3-1-8(2-4-9)7-14-10-11(17(18)19)16-5-6-20-12(16)15-10/h1-6,14H,7H2. The zero-order chi connectivity index (χ0) is 14.1. The Labute approximate surface area is 116 Å². The van der Waals surface area contributed by atoms with E-state index < -0.39 is 4.92 Å². The Balaban J connectivity index is 1.87. The molecule has 1 N–H and O–H groups in total. The first-order valence-electron chi connectivity index (χ1n) is 5.73. The molecule has 8 heteroatoms. The van der Waals surface area contributed by atoms with E-state index in [-0.39, 0.29) is 17.5 Å². The molecule has 2 aromatic heterocycles. The molecule has 0 aliphatic heterocycles.